The van der Waals surface area contributed by atoms with Crippen LogP contribution >= 0.6 is 0 Å². The fourth-order valence-electron chi connectivity index (χ4n) is 2.12. The van der Waals surface area contributed by atoms with Gasteiger partial charge in [-0.1, -0.05) is 6.92 Å². The molecule has 2 rings (SSSR count). The van der Waals surface area contributed by atoms with E-state index in [0.717, 1.165) is 12.8 Å². The lowest BCUT2D eigenvalue weighted by molar-refractivity contribution is -0.0619. The molecule has 6 nitrogen and oxygen atoms in total. The maximum Gasteiger partial charge on any atom is 0.330 e. The Hall–Kier alpha value is -1.40. The van der Waals surface area contributed by atoms with Gasteiger partial charge >= 0.3 is 5.69 Å². The number of rotatable bonds is 4. The molecule has 1 N–H and O–H groups in total. The highest BCUT2D eigenvalue weighted by atomic mass is 16.6. The number of hydrogen-bond acceptors (Lipinski definition) is 4. The molecule has 3 atom stereocenters. The van der Waals surface area contributed by atoms with Crippen LogP contribution in [0.5, 0.6) is 0 Å². The summed E-state index contributed by atoms with van der Waals surface area (Å²) in [4.78, 5) is 25.0. The van der Waals surface area contributed by atoms with Crippen LogP contribution < -0.4 is 11.2 Å². The molecule has 0 aliphatic carbocycles. The minimum Gasteiger partial charge on any atom is -0.373 e. The van der Waals surface area contributed by atoms with Gasteiger partial charge in [0, 0.05) is 25.3 Å². The van der Waals surface area contributed by atoms with Gasteiger partial charge in [0.05, 0.1) is 6.10 Å². The number of H-pyrrole nitrogens is 1. The smallest absolute Gasteiger partial charge is 0.330 e. The molecule has 0 spiro atoms. The topological polar surface area (TPSA) is 73.3 Å². The van der Waals surface area contributed by atoms with Crippen molar-refractivity contribution in [2.24, 2.45) is 0 Å². The Bertz CT molecular complexity index is 507. The van der Waals surface area contributed by atoms with Gasteiger partial charge in [-0.15, -0.1) is 0 Å². The summed E-state index contributed by atoms with van der Waals surface area (Å²) >= 11 is 0. The summed E-state index contributed by atoms with van der Waals surface area (Å²) in [7, 11) is 0. The average molecular weight is 254 g/mol. The largest absolute Gasteiger partial charge is 0.373 e. The van der Waals surface area contributed by atoms with E-state index in [0.29, 0.717) is 6.61 Å². The van der Waals surface area contributed by atoms with Gasteiger partial charge in [0.2, 0.25) is 0 Å². The van der Waals surface area contributed by atoms with Gasteiger partial charge in [-0.2, -0.15) is 0 Å². The van der Waals surface area contributed by atoms with E-state index < -0.39 is 17.5 Å². The molecule has 18 heavy (non-hydrogen) atoms. The Balaban J connectivity index is 2.24. The fraction of sp³-hybridized carbons (Fsp3) is 0.667. The van der Waals surface area contributed by atoms with Crippen molar-refractivity contribution in [3.63, 3.8) is 0 Å². The first-order chi connectivity index (χ1) is 8.61. The molecule has 2 heterocycles. The molecular weight excluding hydrogens is 236 g/mol. The van der Waals surface area contributed by atoms with Gasteiger partial charge in [0.1, 0.15) is 6.10 Å². The van der Waals surface area contributed by atoms with Gasteiger partial charge in [-0.05, 0) is 13.3 Å². The average Bonchev–Trinajstić information content (AvgIpc) is 2.67. The number of aromatic amines is 1. The highest BCUT2D eigenvalue weighted by Crippen LogP contribution is 2.29. The van der Waals surface area contributed by atoms with Crippen LogP contribution in [0.4, 0.5) is 0 Å². The Morgan fingerprint density at radius 2 is 2.33 bits per heavy atom. The second-order valence-corrected chi connectivity index (χ2v) is 4.50. The number of aromatic nitrogens is 2. The van der Waals surface area contributed by atoms with Crippen LogP contribution in [-0.4, -0.2) is 28.4 Å². The van der Waals surface area contributed by atoms with Gasteiger partial charge in [-0.3, -0.25) is 14.3 Å². The molecule has 0 amide bonds. The molecule has 3 unspecified atom stereocenters. The molecule has 1 aromatic heterocycles. The van der Waals surface area contributed by atoms with Crippen molar-refractivity contribution < 1.29 is 9.47 Å². The third kappa shape index (κ3) is 2.70. The predicted molar refractivity (Wildman–Crippen MR) is 65.6 cm³/mol. The zero-order valence-corrected chi connectivity index (χ0v) is 10.6. The lowest BCUT2D eigenvalue weighted by Gasteiger charge is -2.20. The molecule has 0 bridgehead atoms. The first kappa shape index (κ1) is 13.0. The van der Waals surface area contributed by atoms with E-state index in [1.807, 2.05) is 13.8 Å². The molecule has 1 aliphatic rings. The molecular formula is C12H18N2O4. The van der Waals surface area contributed by atoms with Crippen molar-refractivity contribution in [2.45, 2.75) is 45.1 Å². The molecule has 0 aromatic carbocycles. The molecule has 0 radical (unpaired) electrons. The van der Waals surface area contributed by atoms with E-state index in [9.17, 15) is 9.59 Å². The number of hydrogen-bond donors (Lipinski definition) is 1. The molecule has 6 heteroatoms. The van der Waals surface area contributed by atoms with Crippen molar-refractivity contribution in [2.75, 3.05) is 6.61 Å². The van der Waals surface area contributed by atoms with Crippen molar-refractivity contribution in [3.8, 4) is 0 Å². The van der Waals surface area contributed by atoms with E-state index in [-0.39, 0.29) is 12.2 Å². The quantitative estimate of drug-likeness (QED) is 0.855. The third-order valence-corrected chi connectivity index (χ3v) is 2.92. The minimum atomic E-state index is -0.466. The molecule has 100 valence electrons. The second kappa shape index (κ2) is 5.49. The lowest BCUT2D eigenvalue weighted by atomic mass is 10.2. The van der Waals surface area contributed by atoms with E-state index >= 15 is 0 Å². The van der Waals surface area contributed by atoms with Gasteiger partial charge in [0.15, 0.2) is 6.23 Å². The van der Waals surface area contributed by atoms with Crippen LogP contribution in [-0.2, 0) is 9.47 Å². The van der Waals surface area contributed by atoms with E-state index in [4.69, 9.17) is 9.47 Å². The zero-order valence-electron chi connectivity index (χ0n) is 10.6. The maximum absolute atomic E-state index is 11.7. The summed E-state index contributed by atoms with van der Waals surface area (Å²) in [6.45, 7) is 4.61. The van der Waals surface area contributed by atoms with Crippen LogP contribution in [0.15, 0.2) is 21.9 Å². The van der Waals surface area contributed by atoms with E-state index in [2.05, 4.69) is 4.98 Å². The van der Waals surface area contributed by atoms with Gasteiger partial charge < -0.3 is 9.47 Å². The predicted octanol–water partition coefficient (Wildman–Crippen LogP) is 0.639. The molecule has 1 saturated heterocycles. The third-order valence-electron chi connectivity index (χ3n) is 2.92. The summed E-state index contributed by atoms with van der Waals surface area (Å²) in [5.41, 5.74) is -0.875. The Kier molecular flexibility index (Phi) is 3.98. The summed E-state index contributed by atoms with van der Waals surface area (Å²) in [5.74, 6) is 0. The molecule has 1 fully saturated rings. The second-order valence-electron chi connectivity index (χ2n) is 4.50. The highest BCUT2D eigenvalue weighted by Gasteiger charge is 2.35. The van der Waals surface area contributed by atoms with Gasteiger partial charge in [0.25, 0.3) is 5.56 Å². The number of ether oxygens (including phenoxy) is 2. The summed E-state index contributed by atoms with van der Waals surface area (Å²) in [6.07, 6.45) is 2.54. The molecule has 1 aliphatic heterocycles. The van der Waals surface area contributed by atoms with Crippen molar-refractivity contribution in [1.82, 2.24) is 9.55 Å². The summed E-state index contributed by atoms with van der Waals surface area (Å²) in [6, 6.07) is 1.31. The highest BCUT2D eigenvalue weighted by molar-refractivity contribution is 4.88. The zero-order chi connectivity index (χ0) is 13.1. The monoisotopic (exact) mass is 254 g/mol. The minimum absolute atomic E-state index is 0.0377. The van der Waals surface area contributed by atoms with Crippen LogP contribution in [0.1, 0.15) is 32.9 Å². The number of nitrogens with one attached hydrogen (secondary N) is 1. The Morgan fingerprint density at radius 3 is 3.00 bits per heavy atom. The maximum atomic E-state index is 11.7. The summed E-state index contributed by atoms with van der Waals surface area (Å²) < 4.78 is 12.8. The SMILES string of the molecule is CCCOC1CC(C)OC1n1ccc(=O)[nH]c1=O. The first-order valence-corrected chi connectivity index (χ1v) is 6.20. The van der Waals surface area contributed by atoms with Crippen molar-refractivity contribution in [3.05, 3.63) is 33.1 Å². The Labute approximate surface area is 105 Å². The molecule has 0 saturated carbocycles. The van der Waals surface area contributed by atoms with Crippen LogP contribution in [0.25, 0.3) is 0 Å². The van der Waals surface area contributed by atoms with Gasteiger partial charge in [-0.25, -0.2) is 4.79 Å². The van der Waals surface area contributed by atoms with Crippen LogP contribution in [0.3, 0.4) is 0 Å². The molecule has 1 aromatic rings. The fourth-order valence-corrected chi connectivity index (χ4v) is 2.12. The first-order valence-electron chi connectivity index (χ1n) is 6.20. The Morgan fingerprint density at radius 1 is 1.56 bits per heavy atom. The van der Waals surface area contributed by atoms with E-state index in [1.54, 1.807) is 0 Å². The van der Waals surface area contributed by atoms with Crippen molar-refractivity contribution in [1.29, 1.82) is 0 Å². The standard InChI is InChI=1S/C12H18N2O4/c1-3-6-17-9-7-8(2)18-11(9)14-5-4-10(15)13-12(14)16/h4-5,8-9,11H,3,6-7H2,1-2H3,(H,13,15,16). The summed E-state index contributed by atoms with van der Waals surface area (Å²) in [5, 5.41) is 0. The van der Waals surface area contributed by atoms with Crippen LogP contribution in [0, 0.1) is 0 Å². The van der Waals surface area contributed by atoms with Crippen molar-refractivity contribution >= 4 is 0 Å². The number of nitrogens with zero attached hydrogens (tertiary/aromatic N) is 1. The normalized spacial score (nSPS) is 27.6. The van der Waals surface area contributed by atoms with E-state index in [1.165, 1.54) is 16.8 Å². The lowest BCUT2D eigenvalue weighted by Crippen LogP contribution is -2.35. The van der Waals surface area contributed by atoms with Crippen LogP contribution in [0.2, 0.25) is 0 Å².